The van der Waals surface area contributed by atoms with E-state index in [1.165, 1.54) is 0 Å². The number of nitrogens with zero attached hydrogens (tertiary/aromatic N) is 2. The molecule has 2 fully saturated rings. The summed E-state index contributed by atoms with van der Waals surface area (Å²) >= 11 is 0. The minimum Gasteiger partial charge on any atom is -0.407 e. The predicted molar refractivity (Wildman–Crippen MR) is 92.7 cm³/mol. The molecule has 1 saturated carbocycles. The van der Waals surface area contributed by atoms with E-state index in [9.17, 15) is 0 Å². The average Bonchev–Trinajstić information content (AvgIpc) is 2.85. The van der Waals surface area contributed by atoms with E-state index >= 15 is 0 Å². The summed E-state index contributed by atoms with van der Waals surface area (Å²) in [5.74, 6) is 0. The number of rotatable bonds is 2. The zero-order chi connectivity index (χ0) is 16.8. The number of hydrogen-bond donors (Lipinski definition) is 1. The van der Waals surface area contributed by atoms with E-state index in [2.05, 4.69) is 44.4 Å². The molecule has 6 heteroatoms. The molecule has 0 aromatic carbocycles. The van der Waals surface area contributed by atoms with Crippen LogP contribution in [0.5, 0.6) is 0 Å². The van der Waals surface area contributed by atoms with E-state index < -0.39 is 0 Å². The summed E-state index contributed by atoms with van der Waals surface area (Å²) in [6, 6.07) is 0.811. The van der Waals surface area contributed by atoms with Crippen molar-refractivity contribution in [1.82, 2.24) is 9.78 Å². The third-order valence-corrected chi connectivity index (χ3v) is 6.05. The van der Waals surface area contributed by atoms with E-state index in [1.807, 2.05) is 6.20 Å². The summed E-state index contributed by atoms with van der Waals surface area (Å²) < 4.78 is 14.4. The van der Waals surface area contributed by atoms with Gasteiger partial charge in [-0.25, -0.2) is 0 Å². The monoisotopic (exact) mass is 319 g/mol. The molecular formula is C17H30BN3O2. The Kier molecular flexibility index (Phi) is 4.36. The van der Waals surface area contributed by atoms with E-state index in [0.29, 0.717) is 18.7 Å². The first kappa shape index (κ1) is 17.0. The van der Waals surface area contributed by atoms with Crippen LogP contribution in [0.4, 0.5) is 0 Å². The Labute approximate surface area is 140 Å². The number of nitrogens with two attached hydrogens (primary N) is 1. The highest BCUT2D eigenvalue weighted by molar-refractivity contribution is 6.62. The van der Waals surface area contributed by atoms with Crippen molar-refractivity contribution in [2.24, 2.45) is 11.1 Å². The fourth-order valence-electron chi connectivity index (χ4n) is 3.45. The lowest BCUT2D eigenvalue weighted by Gasteiger charge is -2.47. The topological polar surface area (TPSA) is 62.3 Å². The Balaban J connectivity index is 1.77. The van der Waals surface area contributed by atoms with Gasteiger partial charge < -0.3 is 15.0 Å². The smallest absolute Gasteiger partial charge is 0.407 e. The number of hydrogen-bond acceptors (Lipinski definition) is 4. The van der Waals surface area contributed by atoms with Crippen LogP contribution in [-0.4, -0.2) is 35.1 Å². The summed E-state index contributed by atoms with van der Waals surface area (Å²) in [7, 11) is -0.322. The molecule has 128 valence electrons. The lowest BCUT2D eigenvalue weighted by Crippen LogP contribution is -2.58. The normalized spacial score (nSPS) is 30.4. The van der Waals surface area contributed by atoms with Gasteiger partial charge in [0, 0.05) is 35.4 Å². The molecule has 1 aromatic heterocycles. The third-order valence-electron chi connectivity index (χ3n) is 6.05. The van der Waals surface area contributed by atoms with Crippen LogP contribution in [0.1, 0.15) is 65.1 Å². The molecule has 2 aliphatic rings. The molecule has 0 atom stereocenters. The van der Waals surface area contributed by atoms with Gasteiger partial charge in [-0.05, 0) is 46.5 Å². The summed E-state index contributed by atoms with van der Waals surface area (Å²) in [4.78, 5) is 0. The van der Waals surface area contributed by atoms with Gasteiger partial charge in [0.15, 0.2) is 0 Å². The molecule has 0 bridgehead atoms. The molecule has 0 spiro atoms. The first-order valence-electron chi connectivity index (χ1n) is 8.80. The van der Waals surface area contributed by atoms with Crippen LogP contribution in [0.3, 0.4) is 0 Å². The first-order valence-corrected chi connectivity index (χ1v) is 8.80. The van der Waals surface area contributed by atoms with Crippen molar-refractivity contribution < 1.29 is 9.31 Å². The van der Waals surface area contributed by atoms with E-state index in [0.717, 1.165) is 36.8 Å². The predicted octanol–water partition coefficient (Wildman–Crippen LogP) is 2.18. The fraction of sp³-hybridized carbons (Fsp3) is 0.824. The molecule has 3 rings (SSSR count). The highest BCUT2D eigenvalue weighted by Gasteiger charge is 2.47. The Morgan fingerprint density at radius 3 is 2.48 bits per heavy atom. The summed E-state index contributed by atoms with van der Waals surface area (Å²) in [6.45, 7) is 11.5. The van der Waals surface area contributed by atoms with Crippen LogP contribution in [0.15, 0.2) is 6.20 Å². The lowest BCUT2D eigenvalue weighted by atomic mass is 9.69. The molecule has 2 N–H and O–H groups in total. The van der Waals surface area contributed by atoms with Gasteiger partial charge in [0.1, 0.15) is 0 Å². The lowest BCUT2D eigenvalue weighted by molar-refractivity contribution is -0.0937. The molecule has 1 aliphatic carbocycles. The summed E-state index contributed by atoms with van der Waals surface area (Å²) in [5.41, 5.74) is 8.00. The van der Waals surface area contributed by atoms with Gasteiger partial charge in [-0.15, -0.1) is 0 Å². The second kappa shape index (κ2) is 5.90. The van der Waals surface area contributed by atoms with Gasteiger partial charge in [0.05, 0.1) is 11.6 Å². The second-order valence-electron chi connectivity index (χ2n) is 8.35. The SMILES string of the molecule is Cc1c(B2OCC(C)(C)C(C)(C)O2)cnn1C1CCC(N)CC1. The Morgan fingerprint density at radius 1 is 1.22 bits per heavy atom. The Hall–Kier alpha value is -0.845. The maximum absolute atomic E-state index is 6.28. The van der Waals surface area contributed by atoms with Crippen molar-refractivity contribution in [3.8, 4) is 0 Å². The van der Waals surface area contributed by atoms with E-state index in [1.54, 1.807) is 0 Å². The van der Waals surface area contributed by atoms with Gasteiger partial charge in [0.2, 0.25) is 0 Å². The standard InChI is InChI=1S/C17H30BN3O2/c1-12-15(18-22-11-16(2,3)17(4,5)23-18)10-20-21(12)14-8-6-13(19)7-9-14/h10,13-14H,6-9,11,19H2,1-5H3. The third kappa shape index (κ3) is 3.09. The molecule has 1 aliphatic heterocycles. The van der Waals surface area contributed by atoms with Crippen molar-refractivity contribution >= 4 is 12.6 Å². The van der Waals surface area contributed by atoms with Crippen molar-refractivity contribution in [1.29, 1.82) is 0 Å². The summed E-state index contributed by atoms with van der Waals surface area (Å²) in [5, 5.41) is 4.64. The van der Waals surface area contributed by atoms with Crippen molar-refractivity contribution in [2.75, 3.05) is 6.61 Å². The quantitative estimate of drug-likeness (QED) is 0.849. The minimum absolute atomic E-state index is 0.00704. The maximum Gasteiger partial charge on any atom is 0.497 e. The number of aromatic nitrogens is 2. The minimum atomic E-state index is -0.322. The molecule has 5 nitrogen and oxygen atoms in total. The Bertz CT molecular complexity index is 562. The molecule has 23 heavy (non-hydrogen) atoms. The van der Waals surface area contributed by atoms with Crippen LogP contribution in [0.25, 0.3) is 0 Å². The largest absolute Gasteiger partial charge is 0.497 e. The van der Waals surface area contributed by atoms with E-state index in [4.69, 9.17) is 15.0 Å². The van der Waals surface area contributed by atoms with Crippen molar-refractivity contribution in [2.45, 2.75) is 78.0 Å². The van der Waals surface area contributed by atoms with Crippen LogP contribution in [0, 0.1) is 12.3 Å². The molecule has 0 unspecified atom stereocenters. The zero-order valence-corrected chi connectivity index (χ0v) is 15.1. The highest BCUT2D eigenvalue weighted by Crippen LogP contribution is 2.38. The average molecular weight is 319 g/mol. The van der Waals surface area contributed by atoms with Crippen LogP contribution < -0.4 is 11.2 Å². The molecule has 1 aromatic rings. The molecule has 0 amide bonds. The zero-order valence-electron chi connectivity index (χ0n) is 15.1. The highest BCUT2D eigenvalue weighted by atomic mass is 16.6. The van der Waals surface area contributed by atoms with Crippen molar-refractivity contribution in [3.63, 3.8) is 0 Å². The molecule has 1 saturated heterocycles. The van der Waals surface area contributed by atoms with Gasteiger partial charge >= 0.3 is 7.12 Å². The first-order chi connectivity index (χ1) is 10.7. The second-order valence-corrected chi connectivity index (χ2v) is 8.35. The van der Waals surface area contributed by atoms with Gasteiger partial charge in [-0.3, -0.25) is 4.68 Å². The van der Waals surface area contributed by atoms with Gasteiger partial charge in [0.25, 0.3) is 0 Å². The molecule has 2 heterocycles. The van der Waals surface area contributed by atoms with Crippen LogP contribution in [-0.2, 0) is 9.31 Å². The molecule has 0 radical (unpaired) electrons. The van der Waals surface area contributed by atoms with Crippen LogP contribution >= 0.6 is 0 Å². The summed E-state index contributed by atoms with van der Waals surface area (Å²) in [6.07, 6.45) is 6.29. The molecular weight excluding hydrogens is 289 g/mol. The fourth-order valence-corrected chi connectivity index (χ4v) is 3.45. The Morgan fingerprint density at radius 2 is 1.87 bits per heavy atom. The van der Waals surface area contributed by atoms with E-state index in [-0.39, 0.29) is 18.1 Å². The van der Waals surface area contributed by atoms with Gasteiger partial charge in [-0.2, -0.15) is 5.10 Å². The van der Waals surface area contributed by atoms with Gasteiger partial charge in [-0.1, -0.05) is 13.8 Å². The maximum atomic E-state index is 6.28. The van der Waals surface area contributed by atoms with Crippen molar-refractivity contribution in [3.05, 3.63) is 11.9 Å². The van der Waals surface area contributed by atoms with Crippen LogP contribution in [0.2, 0.25) is 0 Å².